The highest BCUT2D eigenvalue weighted by molar-refractivity contribution is 7.00. The van der Waals surface area contributed by atoms with Crippen LogP contribution >= 0.6 is 0 Å². The first-order valence-electron chi connectivity index (χ1n) is 27.5. The van der Waals surface area contributed by atoms with Gasteiger partial charge < -0.3 is 23.7 Å². The Kier molecular flexibility index (Phi) is 10.5. The minimum Gasteiger partial charge on any atom is -0.489 e. The molecule has 3 aliphatic heterocycles. The molecule has 10 aromatic rings. The van der Waals surface area contributed by atoms with Crippen LogP contribution in [0.3, 0.4) is 0 Å². The van der Waals surface area contributed by atoms with E-state index in [4.69, 9.17) is 13.9 Å². The lowest BCUT2D eigenvalue weighted by Crippen LogP contribution is -2.61. The molecule has 6 heteroatoms. The van der Waals surface area contributed by atoms with Crippen molar-refractivity contribution in [1.82, 2.24) is 0 Å². The summed E-state index contributed by atoms with van der Waals surface area (Å²) in [6.07, 6.45) is 0.807. The van der Waals surface area contributed by atoms with Gasteiger partial charge in [-0.2, -0.15) is 0 Å². The zero-order valence-electron chi connectivity index (χ0n) is 45.6. The van der Waals surface area contributed by atoms with Crippen molar-refractivity contribution in [2.24, 2.45) is 0 Å². The van der Waals surface area contributed by atoms with E-state index in [1.165, 1.54) is 55.3 Å². The third kappa shape index (κ3) is 7.50. The van der Waals surface area contributed by atoms with Gasteiger partial charge in [-0.25, -0.2) is 0 Å². The van der Waals surface area contributed by atoms with Crippen LogP contribution in [0.25, 0.3) is 55.7 Å². The Hall–Kier alpha value is -8.22. The topological polar surface area (TPSA) is 38.1 Å². The summed E-state index contributed by atoms with van der Waals surface area (Å²) < 4.78 is 20.4. The number of furan rings is 1. The van der Waals surface area contributed by atoms with Crippen LogP contribution in [-0.2, 0) is 16.2 Å². The Morgan fingerprint density at radius 1 is 0.494 bits per heavy atom. The lowest BCUT2D eigenvalue weighted by Gasteiger charge is -2.45. The Morgan fingerprint density at radius 2 is 1.18 bits per heavy atom. The molecule has 0 N–H and O–H groups in total. The van der Waals surface area contributed by atoms with E-state index < -0.39 is 0 Å². The third-order valence-electron chi connectivity index (χ3n) is 16.9. The molecule has 0 amide bonds. The predicted octanol–water partition coefficient (Wildman–Crippen LogP) is 16.9. The lowest BCUT2D eigenvalue weighted by molar-refractivity contribution is 0.297. The van der Waals surface area contributed by atoms with Crippen molar-refractivity contribution in [3.63, 3.8) is 0 Å². The van der Waals surface area contributed by atoms with E-state index in [0.29, 0.717) is 13.2 Å². The number of para-hydroxylation sites is 1. The molecular weight excluding hydrogens is 940 g/mol. The molecule has 14 rings (SSSR count). The van der Waals surface area contributed by atoms with Gasteiger partial charge in [0, 0.05) is 51.1 Å². The Labute approximate surface area is 453 Å². The molecule has 0 spiro atoms. The molecule has 77 heavy (non-hydrogen) atoms. The molecule has 0 bridgehead atoms. The van der Waals surface area contributed by atoms with Gasteiger partial charge >= 0.3 is 0 Å². The van der Waals surface area contributed by atoms with Gasteiger partial charge in [0.05, 0.1) is 24.6 Å². The Morgan fingerprint density at radius 3 is 1.97 bits per heavy atom. The number of rotatable bonds is 5. The zero-order chi connectivity index (χ0) is 52.7. The predicted molar refractivity (Wildman–Crippen MR) is 322 cm³/mol. The molecule has 4 aliphatic rings. The molecule has 0 saturated carbocycles. The lowest BCUT2D eigenvalue weighted by atomic mass is 9.33. The number of fused-ring (bicyclic) bond motifs is 10. The van der Waals surface area contributed by atoms with Crippen LogP contribution in [0.5, 0.6) is 11.5 Å². The molecule has 1 aliphatic carbocycles. The molecule has 0 fully saturated rings. The highest BCUT2D eigenvalue weighted by Crippen LogP contribution is 2.54. The van der Waals surface area contributed by atoms with Crippen LogP contribution in [0.2, 0.25) is 0 Å². The second-order valence-corrected chi connectivity index (χ2v) is 24.4. The van der Waals surface area contributed by atoms with E-state index in [2.05, 4.69) is 254 Å². The maximum Gasteiger partial charge on any atom is 0.252 e. The van der Waals surface area contributed by atoms with Gasteiger partial charge in [0.2, 0.25) is 0 Å². The van der Waals surface area contributed by atoms with E-state index in [0.717, 1.165) is 96.6 Å². The van der Waals surface area contributed by atoms with Gasteiger partial charge in [0.1, 0.15) is 11.3 Å². The Bertz CT molecular complexity index is 4030. The normalized spacial score (nSPS) is 14.9. The van der Waals surface area contributed by atoms with Crippen molar-refractivity contribution in [2.45, 2.75) is 85.0 Å². The number of hydrogen-bond acceptors (Lipinski definition) is 5. The monoisotopic (exact) mass is 1000 g/mol. The maximum absolute atomic E-state index is 6.97. The summed E-state index contributed by atoms with van der Waals surface area (Å²) in [6.45, 7) is 21.9. The van der Waals surface area contributed by atoms with E-state index >= 15 is 0 Å². The summed E-state index contributed by atoms with van der Waals surface area (Å²) in [5.74, 6) is 2.42. The van der Waals surface area contributed by atoms with Crippen molar-refractivity contribution in [2.75, 3.05) is 23.0 Å². The standard InChI is InChI=1S/C71H63BN2O3/c1-43-34-61-66-62(35-43)74(59-29-25-49(69(2,3)4)41-54(59)44-18-11-10-12-19-44)67-57(28-31-64-68(67)76-33-17-32-75-64)72(66)58-42-50(70(5,6)7)26-30-60(58)73(61)51-37-47(36-48(38-51)65-40-46-20-13-16-23-63(46)77-65)45-24-27-53-52-21-14-15-22-55(52)71(8,9)56(53)39-45/h10-16,18-31,34-42H,17,32-33H2,1-9H3. The second-order valence-electron chi connectivity index (χ2n) is 24.4. The fourth-order valence-corrected chi connectivity index (χ4v) is 12.9. The number of nitrogens with zero attached hydrogens (tertiary/aromatic N) is 2. The molecule has 9 aromatic carbocycles. The van der Waals surface area contributed by atoms with Crippen LogP contribution in [0.15, 0.2) is 186 Å². The van der Waals surface area contributed by atoms with Crippen molar-refractivity contribution in [3.8, 4) is 56.2 Å². The number of ether oxygens (including phenoxy) is 2. The number of benzene rings is 9. The van der Waals surface area contributed by atoms with Gasteiger partial charge in [-0.1, -0.05) is 165 Å². The number of aryl methyl sites for hydroxylation is 1. The minimum absolute atomic E-state index is 0.0742. The summed E-state index contributed by atoms with van der Waals surface area (Å²) in [4.78, 5) is 5.08. The molecule has 0 radical (unpaired) electrons. The molecular formula is C71H63BN2O3. The molecule has 5 nitrogen and oxygen atoms in total. The third-order valence-corrected chi connectivity index (χ3v) is 16.9. The zero-order valence-corrected chi connectivity index (χ0v) is 45.6. The van der Waals surface area contributed by atoms with Crippen molar-refractivity contribution < 1.29 is 13.9 Å². The highest BCUT2D eigenvalue weighted by Gasteiger charge is 2.46. The smallest absolute Gasteiger partial charge is 0.252 e. The minimum atomic E-state index is -0.154. The van der Waals surface area contributed by atoms with Crippen LogP contribution in [0.4, 0.5) is 34.1 Å². The van der Waals surface area contributed by atoms with Gasteiger partial charge in [0.15, 0.2) is 11.5 Å². The second kappa shape index (κ2) is 17.1. The van der Waals surface area contributed by atoms with Crippen LogP contribution < -0.4 is 35.7 Å². The van der Waals surface area contributed by atoms with Crippen molar-refractivity contribution >= 4 is 68.2 Å². The quantitative estimate of drug-likeness (QED) is 0.161. The maximum atomic E-state index is 6.97. The van der Waals surface area contributed by atoms with Gasteiger partial charge in [0.25, 0.3) is 6.71 Å². The molecule has 0 atom stereocenters. The van der Waals surface area contributed by atoms with E-state index in [-0.39, 0.29) is 23.0 Å². The van der Waals surface area contributed by atoms with E-state index in [9.17, 15) is 0 Å². The van der Waals surface area contributed by atoms with Crippen LogP contribution in [0.1, 0.15) is 89.6 Å². The van der Waals surface area contributed by atoms with Gasteiger partial charge in [-0.3, -0.25) is 0 Å². The number of anilines is 6. The van der Waals surface area contributed by atoms with Gasteiger partial charge in [-0.05, 0) is 163 Å². The van der Waals surface area contributed by atoms with Crippen LogP contribution in [0, 0.1) is 6.92 Å². The average Bonchev–Trinajstić information content (AvgIpc) is 4.02. The first-order valence-corrected chi connectivity index (χ1v) is 27.5. The summed E-state index contributed by atoms with van der Waals surface area (Å²) in [6, 6.07) is 68.2. The molecule has 378 valence electrons. The van der Waals surface area contributed by atoms with Crippen molar-refractivity contribution in [1.29, 1.82) is 0 Å². The van der Waals surface area contributed by atoms with E-state index in [1.54, 1.807) is 0 Å². The molecule has 4 heterocycles. The average molecular weight is 1000 g/mol. The van der Waals surface area contributed by atoms with Gasteiger partial charge in [-0.15, -0.1) is 0 Å². The largest absolute Gasteiger partial charge is 0.489 e. The molecule has 1 aromatic heterocycles. The first-order chi connectivity index (χ1) is 37.1. The fourth-order valence-electron chi connectivity index (χ4n) is 12.9. The summed E-state index contributed by atoms with van der Waals surface area (Å²) in [5, 5.41) is 1.08. The summed E-state index contributed by atoms with van der Waals surface area (Å²) in [5.41, 5.74) is 25.6. The van der Waals surface area contributed by atoms with Crippen molar-refractivity contribution in [3.05, 3.63) is 210 Å². The first kappa shape index (κ1) is 47.3. The van der Waals surface area contributed by atoms with Crippen LogP contribution in [-0.4, -0.2) is 19.9 Å². The molecule has 0 saturated heterocycles. The Balaban J connectivity index is 1.06. The SMILES string of the molecule is Cc1cc2c3c(c1)N(c1ccc(C(C)(C)C)cc1-c1ccccc1)c1c(ccc4c1OCCCO4)B3c1cc(C(C)(C)C)ccc1N2c1cc(-c2ccc3c(c2)C(C)(C)c2ccccc2-3)cc(-c2cc3ccccc3o2)c1. The summed E-state index contributed by atoms with van der Waals surface area (Å²) in [7, 11) is 0. The highest BCUT2D eigenvalue weighted by atomic mass is 16.5. The van der Waals surface area contributed by atoms with E-state index in [1.807, 2.05) is 0 Å². The summed E-state index contributed by atoms with van der Waals surface area (Å²) >= 11 is 0. The number of hydrogen-bond donors (Lipinski definition) is 0. The fraction of sp³-hybridized carbons (Fsp3) is 0.211. The molecule has 0 unspecified atom stereocenters.